The van der Waals surface area contributed by atoms with E-state index in [9.17, 15) is 4.79 Å². The molecule has 1 aliphatic rings. The first-order valence-corrected chi connectivity index (χ1v) is 6.25. The van der Waals surface area contributed by atoms with E-state index in [4.69, 9.17) is 10.5 Å². The Labute approximate surface area is 108 Å². The lowest BCUT2D eigenvalue weighted by Gasteiger charge is -2.23. The van der Waals surface area contributed by atoms with E-state index in [1.807, 2.05) is 32.9 Å². The Morgan fingerprint density at radius 1 is 1.44 bits per heavy atom. The molecule has 0 aromatic heterocycles. The standard InChI is InChI=1S/C14H20N2O2/c1-9-5-6-11(15)12(10(9)2)16-13(17)14(3)7-4-8-18-14/h5-6H,4,7-8,15H2,1-3H3,(H,16,17). The van der Waals surface area contributed by atoms with Crippen LogP contribution in [0.25, 0.3) is 0 Å². The monoisotopic (exact) mass is 248 g/mol. The Balaban J connectivity index is 2.24. The first-order chi connectivity index (χ1) is 8.44. The maximum Gasteiger partial charge on any atom is 0.256 e. The predicted molar refractivity (Wildman–Crippen MR) is 72.5 cm³/mol. The van der Waals surface area contributed by atoms with Crippen molar-refractivity contribution in [2.45, 2.75) is 39.2 Å². The van der Waals surface area contributed by atoms with E-state index in [0.717, 1.165) is 24.0 Å². The van der Waals surface area contributed by atoms with Crippen LogP contribution in [0.3, 0.4) is 0 Å². The number of anilines is 2. The van der Waals surface area contributed by atoms with Crippen molar-refractivity contribution in [2.24, 2.45) is 0 Å². The van der Waals surface area contributed by atoms with Gasteiger partial charge in [-0.3, -0.25) is 4.79 Å². The highest BCUT2D eigenvalue weighted by molar-refractivity contribution is 6.00. The molecule has 1 heterocycles. The second-order valence-electron chi connectivity index (χ2n) is 5.11. The van der Waals surface area contributed by atoms with Crippen molar-refractivity contribution >= 4 is 17.3 Å². The smallest absolute Gasteiger partial charge is 0.256 e. The number of amides is 1. The Hall–Kier alpha value is -1.55. The van der Waals surface area contributed by atoms with Crippen LogP contribution in [0, 0.1) is 13.8 Å². The summed E-state index contributed by atoms with van der Waals surface area (Å²) >= 11 is 0. The van der Waals surface area contributed by atoms with Gasteiger partial charge in [-0.15, -0.1) is 0 Å². The summed E-state index contributed by atoms with van der Waals surface area (Å²) in [6.07, 6.45) is 1.68. The lowest BCUT2D eigenvalue weighted by atomic mass is 10.0. The van der Waals surface area contributed by atoms with Crippen molar-refractivity contribution < 1.29 is 9.53 Å². The lowest BCUT2D eigenvalue weighted by Crippen LogP contribution is -2.39. The van der Waals surface area contributed by atoms with Crippen LogP contribution in [0.5, 0.6) is 0 Å². The number of hydrogen-bond acceptors (Lipinski definition) is 3. The van der Waals surface area contributed by atoms with E-state index in [1.54, 1.807) is 0 Å². The van der Waals surface area contributed by atoms with Gasteiger partial charge >= 0.3 is 0 Å². The highest BCUT2D eigenvalue weighted by atomic mass is 16.5. The molecule has 3 N–H and O–H groups in total. The van der Waals surface area contributed by atoms with Crippen LogP contribution in [0.15, 0.2) is 12.1 Å². The zero-order valence-corrected chi connectivity index (χ0v) is 11.2. The number of nitrogens with one attached hydrogen (secondary N) is 1. The van der Waals surface area contributed by atoms with Gasteiger partial charge in [0.25, 0.3) is 5.91 Å². The summed E-state index contributed by atoms with van der Waals surface area (Å²) in [5.74, 6) is -0.111. The van der Waals surface area contributed by atoms with Crippen molar-refractivity contribution in [1.82, 2.24) is 0 Å². The molecule has 0 bridgehead atoms. The van der Waals surface area contributed by atoms with E-state index in [-0.39, 0.29) is 5.91 Å². The largest absolute Gasteiger partial charge is 0.397 e. The normalized spacial score (nSPS) is 23.1. The molecule has 1 aromatic rings. The zero-order chi connectivity index (χ0) is 13.3. The fourth-order valence-corrected chi connectivity index (χ4v) is 2.21. The summed E-state index contributed by atoms with van der Waals surface area (Å²) in [6.45, 7) is 6.43. The van der Waals surface area contributed by atoms with Crippen LogP contribution in [0.2, 0.25) is 0 Å². The first kappa shape index (κ1) is 12.9. The van der Waals surface area contributed by atoms with Crippen LogP contribution in [0.4, 0.5) is 11.4 Å². The van der Waals surface area contributed by atoms with Gasteiger partial charge in [0.2, 0.25) is 0 Å². The fraction of sp³-hybridized carbons (Fsp3) is 0.500. The van der Waals surface area contributed by atoms with Crippen molar-refractivity contribution in [3.8, 4) is 0 Å². The first-order valence-electron chi connectivity index (χ1n) is 6.25. The van der Waals surface area contributed by atoms with Gasteiger partial charge in [0.15, 0.2) is 0 Å². The number of nitrogens with two attached hydrogens (primary N) is 1. The zero-order valence-electron chi connectivity index (χ0n) is 11.2. The molecular weight excluding hydrogens is 228 g/mol. The van der Waals surface area contributed by atoms with Crippen LogP contribution in [-0.4, -0.2) is 18.1 Å². The number of hydrogen-bond donors (Lipinski definition) is 2. The topological polar surface area (TPSA) is 64.3 Å². The number of aryl methyl sites for hydroxylation is 1. The summed E-state index contributed by atoms with van der Waals surface area (Å²) < 4.78 is 5.53. The molecule has 18 heavy (non-hydrogen) atoms. The Bertz CT molecular complexity index is 477. The molecule has 1 amide bonds. The minimum atomic E-state index is -0.720. The highest BCUT2D eigenvalue weighted by Gasteiger charge is 2.38. The SMILES string of the molecule is Cc1ccc(N)c(NC(=O)C2(C)CCCO2)c1C. The van der Waals surface area contributed by atoms with Crippen molar-refractivity contribution in [3.05, 3.63) is 23.3 Å². The van der Waals surface area contributed by atoms with E-state index >= 15 is 0 Å². The van der Waals surface area contributed by atoms with Gasteiger partial charge in [-0.25, -0.2) is 0 Å². The van der Waals surface area contributed by atoms with Gasteiger partial charge in [0, 0.05) is 6.61 Å². The maximum atomic E-state index is 12.3. The molecule has 1 aromatic carbocycles. The number of nitrogen functional groups attached to an aromatic ring is 1. The second kappa shape index (κ2) is 4.61. The van der Waals surface area contributed by atoms with Crippen LogP contribution in [0.1, 0.15) is 30.9 Å². The molecule has 1 fully saturated rings. The van der Waals surface area contributed by atoms with E-state index in [2.05, 4.69) is 5.32 Å². The number of ether oxygens (including phenoxy) is 1. The highest BCUT2D eigenvalue weighted by Crippen LogP contribution is 2.30. The number of benzene rings is 1. The molecule has 1 saturated heterocycles. The molecule has 0 aliphatic carbocycles. The van der Waals surface area contributed by atoms with Gasteiger partial charge in [0.05, 0.1) is 11.4 Å². The Morgan fingerprint density at radius 3 is 2.78 bits per heavy atom. The summed E-state index contributed by atoms with van der Waals surface area (Å²) in [4.78, 5) is 12.3. The molecule has 1 aliphatic heterocycles. The van der Waals surface area contributed by atoms with Gasteiger partial charge < -0.3 is 15.8 Å². The number of carbonyl (C=O) groups excluding carboxylic acids is 1. The van der Waals surface area contributed by atoms with Crippen LogP contribution < -0.4 is 11.1 Å². The molecule has 98 valence electrons. The summed E-state index contributed by atoms with van der Waals surface area (Å²) in [7, 11) is 0. The molecule has 1 unspecified atom stereocenters. The number of carbonyl (C=O) groups is 1. The third kappa shape index (κ3) is 2.20. The average Bonchev–Trinajstić information content (AvgIpc) is 2.78. The molecule has 0 saturated carbocycles. The molecule has 4 nitrogen and oxygen atoms in total. The minimum absolute atomic E-state index is 0.111. The molecule has 0 spiro atoms. The summed E-state index contributed by atoms with van der Waals surface area (Å²) in [6, 6.07) is 3.77. The van der Waals surface area contributed by atoms with Crippen molar-refractivity contribution in [3.63, 3.8) is 0 Å². The van der Waals surface area contributed by atoms with Crippen LogP contribution >= 0.6 is 0 Å². The van der Waals surface area contributed by atoms with Gasteiger partial charge in [0.1, 0.15) is 5.60 Å². The maximum absolute atomic E-state index is 12.3. The molecule has 2 rings (SSSR count). The summed E-state index contributed by atoms with van der Waals surface area (Å²) in [5, 5.41) is 2.91. The quantitative estimate of drug-likeness (QED) is 0.790. The average molecular weight is 248 g/mol. The number of rotatable bonds is 2. The summed E-state index contributed by atoms with van der Waals surface area (Å²) in [5.41, 5.74) is 8.61. The third-order valence-electron chi connectivity index (χ3n) is 3.71. The van der Waals surface area contributed by atoms with Crippen molar-refractivity contribution in [2.75, 3.05) is 17.7 Å². The predicted octanol–water partition coefficient (Wildman–Crippen LogP) is 2.39. The fourth-order valence-electron chi connectivity index (χ4n) is 2.21. The van der Waals surface area contributed by atoms with Gasteiger partial charge in [-0.05, 0) is 50.8 Å². The van der Waals surface area contributed by atoms with Crippen LogP contribution in [-0.2, 0) is 9.53 Å². The lowest BCUT2D eigenvalue weighted by molar-refractivity contribution is -0.133. The van der Waals surface area contributed by atoms with Crippen molar-refractivity contribution in [1.29, 1.82) is 0 Å². The second-order valence-corrected chi connectivity index (χ2v) is 5.11. The Kier molecular flexibility index (Phi) is 3.30. The molecular formula is C14H20N2O2. The molecule has 0 radical (unpaired) electrons. The van der Waals surface area contributed by atoms with Gasteiger partial charge in [-0.2, -0.15) is 0 Å². The van der Waals surface area contributed by atoms with E-state index in [0.29, 0.717) is 18.0 Å². The van der Waals surface area contributed by atoms with Gasteiger partial charge in [-0.1, -0.05) is 6.07 Å². The van der Waals surface area contributed by atoms with E-state index in [1.165, 1.54) is 0 Å². The molecule has 4 heteroatoms. The van der Waals surface area contributed by atoms with E-state index < -0.39 is 5.60 Å². The Morgan fingerprint density at radius 2 is 2.17 bits per heavy atom. The third-order valence-corrected chi connectivity index (χ3v) is 3.71. The molecule has 1 atom stereocenters. The minimum Gasteiger partial charge on any atom is -0.397 e.